The number of rotatable bonds is 12. The number of fused-ring (bicyclic) bond motifs is 1. The molecule has 4 atom stereocenters. The molecule has 0 bridgehead atoms. The molecule has 0 radical (unpaired) electrons. The molecule has 1 amide bonds. The first kappa shape index (κ1) is 28.3. The minimum Gasteiger partial charge on any atom is -0.481 e. The molecule has 3 aromatic rings. The quantitative estimate of drug-likeness (QED) is 0.141. The lowest BCUT2D eigenvalue weighted by Gasteiger charge is -2.38. The Balaban J connectivity index is 1.48. The average Bonchev–Trinajstić information content (AvgIpc) is 3.55. The maximum atomic E-state index is 13.5. The summed E-state index contributed by atoms with van der Waals surface area (Å²) in [7, 11) is -2.44. The van der Waals surface area contributed by atoms with E-state index in [4.69, 9.17) is 19.9 Å². The number of carboxylic acids is 1. The highest BCUT2D eigenvalue weighted by Gasteiger charge is 2.51. The van der Waals surface area contributed by atoms with Gasteiger partial charge in [0.1, 0.15) is 11.8 Å². The topological polar surface area (TPSA) is 204 Å². The SMILES string of the molecule is CON(OC)[C@@](CC(=O)O)(C(=O)NP(=O)(O)OC[C@H]1C=C[C@@H](n2cnc3c(N)ncnc32)C1)c1ccccc1. The van der Waals surface area contributed by atoms with Crippen molar-refractivity contribution in [2.75, 3.05) is 26.6 Å². The molecule has 5 N–H and O–H groups in total. The third-order valence-corrected chi connectivity index (χ3v) is 7.26. The van der Waals surface area contributed by atoms with Gasteiger partial charge in [-0.2, -0.15) is 0 Å². The Morgan fingerprint density at radius 1 is 1.21 bits per heavy atom. The number of anilines is 1. The van der Waals surface area contributed by atoms with Crippen LogP contribution in [0, 0.1) is 5.92 Å². The summed E-state index contributed by atoms with van der Waals surface area (Å²) < 4.78 is 20.0. The summed E-state index contributed by atoms with van der Waals surface area (Å²) in [6, 6.07) is 7.59. The summed E-state index contributed by atoms with van der Waals surface area (Å²) in [5, 5.41) is 12.2. The van der Waals surface area contributed by atoms with Crippen LogP contribution in [0.5, 0.6) is 0 Å². The van der Waals surface area contributed by atoms with Crippen LogP contribution in [0.15, 0.2) is 55.1 Å². The number of amides is 1. The van der Waals surface area contributed by atoms with Gasteiger partial charge in [0.15, 0.2) is 17.0 Å². The van der Waals surface area contributed by atoms with E-state index in [1.54, 1.807) is 24.5 Å². The number of allylic oxidation sites excluding steroid dienone is 1. The number of nitrogens with zero attached hydrogens (tertiary/aromatic N) is 5. The highest BCUT2D eigenvalue weighted by molar-refractivity contribution is 7.51. The summed E-state index contributed by atoms with van der Waals surface area (Å²) in [5.41, 5.74) is 4.85. The van der Waals surface area contributed by atoms with Gasteiger partial charge in [0, 0.05) is 5.92 Å². The van der Waals surface area contributed by atoms with Gasteiger partial charge in [-0.3, -0.25) is 28.9 Å². The lowest BCUT2D eigenvalue weighted by Crippen LogP contribution is -2.56. The third kappa shape index (κ3) is 5.83. The molecule has 1 unspecified atom stereocenters. The second-order valence-corrected chi connectivity index (χ2v) is 10.2. The molecule has 0 aliphatic heterocycles. The number of nitrogens with one attached hydrogen (secondary N) is 1. The number of carboxylic acid groups (broad SMARTS) is 1. The van der Waals surface area contributed by atoms with Crippen LogP contribution < -0.4 is 10.8 Å². The monoisotopic (exact) mass is 561 g/mol. The van der Waals surface area contributed by atoms with Crippen molar-refractivity contribution in [1.29, 1.82) is 0 Å². The Kier molecular flexibility index (Phi) is 8.39. The van der Waals surface area contributed by atoms with E-state index in [2.05, 4.69) is 15.0 Å². The van der Waals surface area contributed by atoms with Crippen molar-refractivity contribution < 1.29 is 38.4 Å². The number of hydroxylamine groups is 2. The largest absolute Gasteiger partial charge is 0.481 e. The highest BCUT2D eigenvalue weighted by Crippen LogP contribution is 2.43. The predicted octanol–water partition coefficient (Wildman–Crippen LogP) is 1.55. The number of aliphatic carboxylic acids is 1. The normalized spacial score (nSPS) is 20.1. The number of hydrogen-bond donors (Lipinski definition) is 4. The lowest BCUT2D eigenvalue weighted by molar-refractivity contribution is -0.387. The van der Waals surface area contributed by atoms with Crippen LogP contribution in [0.3, 0.4) is 0 Å². The molecular weight excluding hydrogens is 533 g/mol. The van der Waals surface area contributed by atoms with E-state index in [-0.39, 0.29) is 29.9 Å². The Labute approximate surface area is 222 Å². The first-order valence-corrected chi connectivity index (χ1v) is 13.3. The zero-order valence-electron chi connectivity index (χ0n) is 21.1. The molecule has 0 saturated carbocycles. The molecule has 1 aromatic carbocycles. The molecule has 39 heavy (non-hydrogen) atoms. The summed E-state index contributed by atoms with van der Waals surface area (Å²) >= 11 is 0. The Morgan fingerprint density at radius 2 is 1.92 bits per heavy atom. The van der Waals surface area contributed by atoms with Crippen LogP contribution in [0.1, 0.15) is 24.4 Å². The van der Waals surface area contributed by atoms with E-state index < -0.39 is 31.6 Å². The number of nitrogen functional groups attached to an aromatic ring is 1. The number of benzene rings is 1. The van der Waals surface area contributed by atoms with Gasteiger partial charge < -0.3 is 20.3 Å². The highest BCUT2D eigenvalue weighted by atomic mass is 31.2. The van der Waals surface area contributed by atoms with Crippen molar-refractivity contribution in [1.82, 2.24) is 29.8 Å². The van der Waals surface area contributed by atoms with Crippen LogP contribution in [-0.4, -0.2) is 67.4 Å². The fourth-order valence-electron chi connectivity index (χ4n) is 4.53. The van der Waals surface area contributed by atoms with Crippen molar-refractivity contribution in [3.05, 3.63) is 60.7 Å². The number of imidazole rings is 1. The first-order chi connectivity index (χ1) is 18.6. The maximum Gasteiger partial charge on any atom is 0.432 e. The molecule has 0 fully saturated rings. The second kappa shape index (κ2) is 11.6. The fourth-order valence-corrected chi connectivity index (χ4v) is 5.43. The van der Waals surface area contributed by atoms with Crippen LogP contribution in [-0.2, 0) is 33.9 Å². The van der Waals surface area contributed by atoms with Gasteiger partial charge in [-0.25, -0.2) is 19.5 Å². The van der Waals surface area contributed by atoms with Gasteiger partial charge in [0.05, 0.1) is 39.6 Å². The molecule has 16 heteroatoms. The zero-order valence-corrected chi connectivity index (χ0v) is 22.0. The van der Waals surface area contributed by atoms with E-state index in [0.717, 1.165) is 14.2 Å². The maximum absolute atomic E-state index is 13.5. The summed E-state index contributed by atoms with van der Waals surface area (Å²) in [5.74, 6) is -2.58. The van der Waals surface area contributed by atoms with Gasteiger partial charge in [0.2, 0.25) is 0 Å². The summed E-state index contributed by atoms with van der Waals surface area (Å²) in [6.45, 7) is -0.208. The first-order valence-electron chi connectivity index (χ1n) is 11.7. The summed E-state index contributed by atoms with van der Waals surface area (Å²) in [6.07, 6.45) is 6.28. The van der Waals surface area contributed by atoms with Crippen molar-refractivity contribution in [2.24, 2.45) is 5.92 Å². The standard InChI is InChI=1S/C23H28N7O8P/c1-36-30(37-2)23(11-18(31)32,16-6-4-3-5-7-16)22(33)28-39(34,35)38-12-15-8-9-17(10-15)29-14-27-19-20(24)25-13-26-21(19)29/h3-9,13-15,17H,10-12H2,1-2H3,(H,31,32)(H2,24,25,26)(H2,28,33,34,35)/t15-,17+,23+/m0/s1. The van der Waals surface area contributed by atoms with Gasteiger partial charge in [0.25, 0.3) is 5.91 Å². The number of carbonyl (C=O) groups is 2. The third-order valence-electron chi connectivity index (χ3n) is 6.28. The van der Waals surface area contributed by atoms with E-state index in [1.165, 1.54) is 18.5 Å². The van der Waals surface area contributed by atoms with E-state index in [1.807, 2.05) is 21.8 Å². The molecule has 0 spiro atoms. The molecule has 2 heterocycles. The minimum atomic E-state index is -4.77. The predicted molar refractivity (Wildman–Crippen MR) is 136 cm³/mol. The molecule has 4 rings (SSSR count). The Morgan fingerprint density at radius 3 is 2.59 bits per heavy atom. The van der Waals surface area contributed by atoms with E-state index >= 15 is 0 Å². The van der Waals surface area contributed by atoms with Crippen molar-refractivity contribution in [3.63, 3.8) is 0 Å². The van der Waals surface area contributed by atoms with Crippen molar-refractivity contribution in [2.45, 2.75) is 24.4 Å². The molecule has 0 saturated heterocycles. The van der Waals surface area contributed by atoms with Crippen molar-refractivity contribution >= 4 is 36.6 Å². The number of hydrogen-bond acceptors (Lipinski definition) is 11. The molecule has 15 nitrogen and oxygen atoms in total. The lowest BCUT2D eigenvalue weighted by atomic mass is 9.86. The van der Waals surface area contributed by atoms with Crippen LogP contribution in [0.25, 0.3) is 11.2 Å². The molecule has 1 aliphatic rings. The molecular formula is C23H28N7O8P. The molecule has 1 aliphatic carbocycles. The Hall–Kier alpha value is -3.72. The van der Waals surface area contributed by atoms with Crippen LogP contribution >= 0.6 is 7.75 Å². The fraction of sp³-hybridized carbons (Fsp3) is 0.348. The second-order valence-electron chi connectivity index (χ2n) is 8.71. The summed E-state index contributed by atoms with van der Waals surface area (Å²) in [4.78, 5) is 58.5. The van der Waals surface area contributed by atoms with Crippen LogP contribution in [0.4, 0.5) is 5.82 Å². The average molecular weight is 561 g/mol. The van der Waals surface area contributed by atoms with Crippen molar-refractivity contribution in [3.8, 4) is 0 Å². The van der Waals surface area contributed by atoms with Gasteiger partial charge in [-0.1, -0.05) is 42.5 Å². The van der Waals surface area contributed by atoms with Crippen LogP contribution in [0.2, 0.25) is 0 Å². The van der Waals surface area contributed by atoms with Gasteiger partial charge in [-0.15, -0.1) is 0 Å². The Bertz CT molecular complexity index is 1410. The zero-order chi connectivity index (χ0) is 28.2. The molecule has 208 valence electrons. The number of nitrogens with two attached hydrogens (primary N) is 1. The minimum absolute atomic E-state index is 0.146. The van der Waals surface area contributed by atoms with E-state index in [0.29, 0.717) is 22.8 Å². The number of aromatic nitrogens is 4. The molecule has 2 aromatic heterocycles. The van der Waals surface area contributed by atoms with E-state index in [9.17, 15) is 24.2 Å². The number of carbonyl (C=O) groups excluding carboxylic acids is 1. The van der Waals surface area contributed by atoms with Gasteiger partial charge in [-0.05, 0) is 17.2 Å². The van der Waals surface area contributed by atoms with Gasteiger partial charge >= 0.3 is 13.7 Å². The smallest absolute Gasteiger partial charge is 0.432 e.